The molecular formula is C12H17N5O2. The number of hydrogen-bond acceptors (Lipinski definition) is 7. The average Bonchev–Trinajstić information content (AvgIpc) is 2.87. The Kier molecular flexibility index (Phi) is 4.27. The number of aryl methyl sites for hydroxylation is 1. The molecule has 0 fully saturated rings. The lowest BCUT2D eigenvalue weighted by Crippen LogP contribution is -2.19. The lowest BCUT2D eigenvalue weighted by molar-refractivity contribution is 0.326. The first-order valence-corrected chi connectivity index (χ1v) is 6.21. The summed E-state index contributed by atoms with van der Waals surface area (Å²) < 4.78 is 10.8. The van der Waals surface area contributed by atoms with Gasteiger partial charge in [-0.05, 0) is 6.92 Å². The van der Waals surface area contributed by atoms with Crippen LogP contribution in [0.15, 0.2) is 16.7 Å². The summed E-state index contributed by atoms with van der Waals surface area (Å²) in [6.07, 6.45) is 2.39. The standard InChI is InChI=1S/C12H17N5O2/c1-4-9-15-16-11(19-9)8-17(3)12-13-7-6-10(14-12)18-5-2/h6-7H,4-5,8H2,1-3H3. The highest BCUT2D eigenvalue weighted by Crippen LogP contribution is 2.13. The molecule has 0 saturated carbocycles. The van der Waals surface area contributed by atoms with Crippen molar-refractivity contribution in [2.24, 2.45) is 0 Å². The molecule has 2 heterocycles. The van der Waals surface area contributed by atoms with Crippen molar-refractivity contribution in [3.63, 3.8) is 0 Å². The van der Waals surface area contributed by atoms with Crippen LogP contribution in [0.4, 0.5) is 5.95 Å². The summed E-state index contributed by atoms with van der Waals surface area (Å²) in [5.74, 6) is 2.29. The van der Waals surface area contributed by atoms with Crippen molar-refractivity contribution < 1.29 is 9.15 Å². The van der Waals surface area contributed by atoms with E-state index in [2.05, 4.69) is 20.2 Å². The molecule has 0 aliphatic heterocycles. The minimum absolute atomic E-state index is 0.461. The third-order valence-electron chi connectivity index (χ3n) is 2.43. The third kappa shape index (κ3) is 3.40. The average molecular weight is 263 g/mol. The Bertz CT molecular complexity index is 528. The van der Waals surface area contributed by atoms with E-state index in [9.17, 15) is 0 Å². The van der Waals surface area contributed by atoms with E-state index in [1.54, 1.807) is 12.3 Å². The van der Waals surface area contributed by atoms with Gasteiger partial charge in [-0.1, -0.05) is 6.92 Å². The van der Waals surface area contributed by atoms with Crippen LogP contribution < -0.4 is 9.64 Å². The molecule has 102 valence electrons. The molecule has 0 N–H and O–H groups in total. The molecule has 7 nitrogen and oxygen atoms in total. The fraction of sp³-hybridized carbons (Fsp3) is 0.500. The molecule has 2 aromatic rings. The van der Waals surface area contributed by atoms with E-state index in [0.717, 1.165) is 6.42 Å². The molecule has 0 spiro atoms. The zero-order chi connectivity index (χ0) is 13.7. The molecular weight excluding hydrogens is 246 g/mol. The lowest BCUT2D eigenvalue weighted by atomic mass is 10.5. The number of nitrogens with zero attached hydrogens (tertiary/aromatic N) is 5. The quantitative estimate of drug-likeness (QED) is 0.780. The summed E-state index contributed by atoms with van der Waals surface area (Å²) in [5.41, 5.74) is 0. The summed E-state index contributed by atoms with van der Waals surface area (Å²) in [4.78, 5) is 10.3. The number of anilines is 1. The Hall–Kier alpha value is -2.18. The van der Waals surface area contributed by atoms with Gasteiger partial charge < -0.3 is 14.1 Å². The van der Waals surface area contributed by atoms with Crippen LogP contribution in [0.25, 0.3) is 0 Å². The van der Waals surface area contributed by atoms with E-state index in [4.69, 9.17) is 9.15 Å². The molecule has 0 radical (unpaired) electrons. The summed E-state index contributed by atoms with van der Waals surface area (Å²) in [5, 5.41) is 7.89. The molecule has 2 aromatic heterocycles. The molecule has 0 aromatic carbocycles. The smallest absolute Gasteiger partial charge is 0.235 e. The normalized spacial score (nSPS) is 10.5. The van der Waals surface area contributed by atoms with Gasteiger partial charge in [-0.3, -0.25) is 0 Å². The maximum Gasteiger partial charge on any atom is 0.235 e. The molecule has 0 aliphatic rings. The van der Waals surface area contributed by atoms with Crippen molar-refractivity contribution in [3.8, 4) is 5.88 Å². The van der Waals surface area contributed by atoms with E-state index in [-0.39, 0.29) is 0 Å². The largest absolute Gasteiger partial charge is 0.478 e. The van der Waals surface area contributed by atoms with E-state index >= 15 is 0 Å². The van der Waals surface area contributed by atoms with E-state index in [0.29, 0.717) is 36.8 Å². The fourth-order valence-electron chi connectivity index (χ4n) is 1.51. The highest BCUT2D eigenvalue weighted by molar-refractivity contribution is 5.30. The molecule has 0 saturated heterocycles. The van der Waals surface area contributed by atoms with Crippen LogP contribution >= 0.6 is 0 Å². The first-order chi connectivity index (χ1) is 9.22. The minimum Gasteiger partial charge on any atom is -0.478 e. The van der Waals surface area contributed by atoms with Crippen LogP contribution in [-0.2, 0) is 13.0 Å². The number of rotatable bonds is 6. The van der Waals surface area contributed by atoms with Gasteiger partial charge in [0.2, 0.25) is 23.6 Å². The molecule has 0 aliphatic carbocycles. The first kappa shape index (κ1) is 13.3. The van der Waals surface area contributed by atoms with Crippen LogP contribution in [0.2, 0.25) is 0 Å². The van der Waals surface area contributed by atoms with Gasteiger partial charge in [-0.2, -0.15) is 4.98 Å². The summed E-state index contributed by atoms with van der Waals surface area (Å²) in [6.45, 7) is 4.91. The molecule has 0 amide bonds. The lowest BCUT2D eigenvalue weighted by Gasteiger charge is -2.14. The summed E-state index contributed by atoms with van der Waals surface area (Å²) in [6, 6.07) is 1.72. The van der Waals surface area contributed by atoms with Crippen LogP contribution in [-0.4, -0.2) is 33.8 Å². The Morgan fingerprint density at radius 2 is 2.05 bits per heavy atom. The second-order valence-corrected chi connectivity index (χ2v) is 3.93. The van der Waals surface area contributed by atoms with Gasteiger partial charge in [-0.15, -0.1) is 10.2 Å². The molecule has 0 unspecified atom stereocenters. The van der Waals surface area contributed by atoms with Crippen molar-refractivity contribution in [3.05, 3.63) is 24.0 Å². The number of hydrogen-bond donors (Lipinski definition) is 0. The van der Waals surface area contributed by atoms with Crippen LogP contribution in [0.1, 0.15) is 25.6 Å². The number of ether oxygens (including phenoxy) is 1. The Morgan fingerprint density at radius 3 is 2.74 bits per heavy atom. The highest BCUT2D eigenvalue weighted by atomic mass is 16.5. The van der Waals surface area contributed by atoms with Gasteiger partial charge in [0.25, 0.3) is 0 Å². The molecule has 7 heteroatoms. The monoisotopic (exact) mass is 263 g/mol. The van der Waals surface area contributed by atoms with Crippen LogP contribution in [0.5, 0.6) is 5.88 Å². The Labute approximate surface area is 111 Å². The molecule has 19 heavy (non-hydrogen) atoms. The van der Waals surface area contributed by atoms with Crippen molar-refractivity contribution in [2.45, 2.75) is 26.8 Å². The predicted molar refractivity (Wildman–Crippen MR) is 69.0 cm³/mol. The fourth-order valence-corrected chi connectivity index (χ4v) is 1.51. The maximum absolute atomic E-state index is 5.45. The highest BCUT2D eigenvalue weighted by Gasteiger charge is 2.11. The van der Waals surface area contributed by atoms with Crippen LogP contribution in [0, 0.1) is 0 Å². The molecule has 0 bridgehead atoms. The van der Waals surface area contributed by atoms with Gasteiger partial charge in [0, 0.05) is 25.7 Å². The van der Waals surface area contributed by atoms with Gasteiger partial charge in [0.05, 0.1) is 13.2 Å². The van der Waals surface area contributed by atoms with E-state index in [1.165, 1.54) is 0 Å². The van der Waals surface area contributed by atoms with Gasteiger partial charge in [0.15, 0.2) is 0 Å². The van der Waals surface area contributed by atoms with Gasteiger partial charge in [-0.25, -0.2) is 4.98 Å². The van der Waals surface area contributed by atoms with E-state index in [1.807, 2.05) is 25.8 Å². The zero-order valence-electron chi connectivity index (χ0n) is 11.3. The van der Waals surface area contributed by atoms with E-state index < -0.39 is 0 Å². The van der Waals surface area contributed by atoms with Crippen molar-refractivity contribution in [2.75, 3.05) is 18.6 Å². The topological polar surface area (TPSA) is 77.2 Å². The summed E-state index contributed by atoms with van der Waals surface area (Å²) in [7, 11) is 1.86. The maximum atomic E-state index is 5.45. The summed E-state index contributed by atoms with van der Waals surface area (Å²) >= 11 is 0. The van der Waals surface area contributed by atoms with Gasteiger partial charge >= 0.3 is 0 Å². The SMILES string of the molecule is CCOc1ccnc(N(C)Cc2nnc(CC)o2)n1. The van der Waals surface area contributed by atoms with Crippen molar-refractivity contribution in [1.29, 1.82) is 0 Å². The zero-order valence-corrected chi connectivity index (χ0v) is 11.3. The minimum atomic E-state index is 0.461. The molecule has 0 atom stereocenters. The van der Waals surface area contributed by atoms with Crippen molar-refractivity contribution >= 4 is 5.95 Å². The van der Waals surface area contributed by atoms with Crippen molar-refractivity contribution in [1.82, 2.24) is 20.2 Å². The molecule has 2 rings (SSSR count). The third-order valence-corrected chi connectivity index (χ3v) is 2.43. The number of aromatic nitrogens is 4. The second-order valence-electron chi connectivity index (χ2n) is 3.93. The Morgan fingerprint density at radius 1 is 1.26 bits per heavy atom. The van der Waals surface area contributed by atoms with Gasteiger partial charge in [0.1, 0.15) is 0 Å². The van der Waals surface area contributed by atoms with Crippen LogP contribution in [0.3, 0.4) is 0 Å². The Balaban J connectivity index is 2.06. The predicted octanol–water partition coefficient (Wildman–Crippen LogP) is 1.46. The first-order valence-electron chi connectivity index (χ1n) is 6.21. The second kappa shape index (κ2) is 6.12.